The van der Waals surface area contributed by atoms with Crippen LogP contribution in [0.25, 0.3) is 95.0 Å². The van der Waals surface area contributed by atoms with Gasteiger partial charge in [0, 0.05) is 33.2 Å². The summed E-state index contributed by atoms with van der Waals surface area (Å²) in [6.45, 7) is 4.25. The van der Waals surface area contributed by atoms with Gasteiger partial charge in [-0.05, 0) is 83.6 Å². The molecule has 10 rings (SSSR count). The second-order valence-corrected chi connectivity index (χ2v) is 14.8. The van der Waals surface area contributed by atoms with Crippen molar-refractivity contribution in [2.24, 2.45) is 0 Å². The fourth-order valence-corrected chi connectivity index (χ4v) is 8.00. The monoisotopic (exact) mass is 748 g/mol. The van der Waals surface area contributed by atoms with Crippen LogP contribution in [0.4, 0.5) is 4.39 Å². The molecule has 276 valence electrons. The van der Waals surface area contributed by atoms with E-state index in [1.54, 1.807) is 12.1 Å². The van der Waals surface area contributed by atoms with Gasteiger partial charge in [0.1, 0.15) is 5.82 Å². The summed E-state index contributed by atoms with van der Waals surface area (Å²) in [5.41, 5.74) is 14.1. The third kappa shape index (κ3) is 6.53. The molecule has 0 unspecified atom stereocenters. The Morgan fingerprint density at radius 1 is 0.362 bits per heavy atom. The van der Waals surface area contributed by atoms with Crippen molar-refractivity contribution < 1.29 is 4.39 Å². The van der Waals surface area contributed by atoms with Gasteiger partial charge < -0.3 is 4.57 Å². The highest BCUT2D eigenvalue weighted by Crippen LogP contribution is 2.40. The fraction of sp³-hybridized carbons (Fsp3) is 0.0377. The summed E-state index contributed by atoms with van der Waals surface area (Å²) in [5, 5.41) is 2.30. The molecule has 2 heterocycles. The number of aryl methyl sites for hydroxylation is 2. The normalized spacial score (nSPS) is 11.4. The Morgan fingerprint density at radius 3 is 1.38 bits per heavy atom. The zero-order valence-corrected chi connectivity index (χ0v) is 32.1. The van der Waals surface area contributed by atoms with Gasteiger partial charge in [-0.2, -0.15) is 0 Å². The van der Waals surface area contributed by atoms with Crippen LogP contribution in [0.1, 0.15) is 11.1 Å². The summed E-state index contributed by atoms with van der Waals surface area (Å²) in [6.07, 6.45) is 0. The topological polar surface area (TPSA) is 43.6 Å². The minimum atomic E-state index is -0.312. The van der Waals surface area contributed by atoms with Crippen LogP contribution in [-0.2, 0) is 0 Å². The highest BCUT2D eigenvalue weighted by Gasteiger charge is 2.20. The van der Waals surface area contributed by atoms with Crippen LogP contribution in [0.3, 0.4) is 0 Å². The van der Waals surface area contributed by atoms with Crippen LogP contribution in [0.2, 0.25) is 0 Å². The van der Waals surface area contributed by atoms with Crippen molar-refractivity contribution in [1.29, 1.82) is 0 Å². The van der Waals surface area contributed by atoms with E-state index in [2.05, 4.69) is 122 Å². The molecule has 0 aliphatic carbocycles. The van der Waals surface area contributed by atoms with Crippen LogP contribution in [0, 0.1) is 19.7 Å². The molecule has 0 aliphatic rings. The number of hydrogen-bond donors (Lipinski definition) is 0. The van der Waals surface area contributed by atoms with Crippen molar-refractivity contribution in [2.45, 2.75) is 13.8 Å². The maximum Gasteiger partial charge on any atom is 0.164 e. The number of aromatic nitrogens is 4. The average Bonchev–Trinajstić information content (AvgIpc) is 3.59. The predicted molar refractivity (Wildman–Crippen MR) is 236 cm³/mol. The molecule has 8 aromatic carbocycles. The Balaban J connectivity index is 1.27. The maximum absolute atomic E-state index is 15.0. The zero-order valence-electron chi connectivity index (χ0n) is 32.1. The SMILES string of the molecule is Cc1cccc(-c2ccc3c4ccc(-c5cccc(C)c5)cc4n(-c4ccc(-c5cccc(F)c5)c(-c5nc(-c6ccccc6)nc(-c6ccccc6)n5)c4)c3c2)c1. The van der Waals surface area contributed by atoms with Crippen LogP contribution in [0.15, 0.2) is 188 Å². The van der Waals surface area contributed by atoms with Gasteiger partial charge in [0.25, 0.3) is 0 Å². The van der Waals surface area contributed by atoms with E-state index in [0.29, 0.717) is 17.5 Å². The molecule has 5 heteroatoms. The number of hydrogen-bond acceptors (Lipinski definition) is 3. The number of benzene rings is 8. The van der Waals surface area contributed by atoms with Crippen LogP contribution < -0.4 is 0 Å². The van der Waals surface area contributed by atoms with E-state index in [1.165, 1.54) is 17.2 Å². The number of rotatable bonds is 7. The molecule has 0 fully saturated rings. The van der Waals surface area contributed by atoms with Gasteiger partial charge in [-0.3, -0.25) is 0 Å². The van der Waals surface area contributed by atoms with Crippen molar-refractivity contribution in [3.05, 3.63) is 205 Å². The average molecular weight is 749 g/mol. The Hall–Kier alpha value is -7.50. The van der Waals surface area contributed by atoms with Gasteiger partial charge in [-0.25, -0.2) is 19.3 Å². The lowest BCUT2D eigenvalue weighted by Crippen LogP contribution is -2.02. The molecular weight excluding hydrogens is 712 g/mol. The molecule has 0 radical (unpaired) electrons. The Labute approximate surface area is 336 Å². The third-order valence-electron chi connectivity index (χ3n) is 10.8. The smallest absolute Gasteiger partial charge is 0.164 e. The summed E-state index contributed by atoms with van der Waals surface area (Å²) in [7, 11) is 0. The highest BCUT2D eigenvalue weighted by atomic mass is 19.1. The van der Waals surface area contributed by atoms with E-state index in [4.69, 9.17) is 15.0 Å². The quantitative estimate of drug-likeness (QED) is 0.163. The Bertz CT molecular complexity index is 2990. The van der Waals surface area contributed by atoms with E-state index in [1.807, 2.05) is 66.7 Å². The second-order valence-electron chi connectivity index (χ2n) is 14.8. The van der Waals surface area contributed by atoms with Crippen molar-refractivity contribution in [3.8, 4) is 73.2 Å². The maximum atomic E-state index is 15.0. The molecule has 58 heavy (non-hydrogen) atoms. The summed E-state index contributed by atoms with van der Waals surface area (Å²) < 4.78 is 17.3. The first-order chi connectivity index (χ1) is 28.4. The minimum absolute atomic E-state index is 0.312. The highest BCUT2D eigenvalue weighted by molar-refractivity contribution is 6.11. The molecule has 0 atom stereocenters. The van der Waals surface area contributed by atoms with Crippen molar-refractivity contribution in [2.75, 3.05) is 0 Å². The summed E-state index contributed by atoms with van der Waals surface area (Å²) in [6, 6.07) is 63.7. The number of fused-ring (bicyclic) bond motifs is 3. The molecule has 0 aliphatic heterocycles. The van der Waals surface area contributed by atoms with Gasteiger partial charge in [0.2, 0.25) is 0 Å². The number of nitrogens with zero attached hydrogens (tertiary/aromatic N) is 4. The van der Waals surface area contributed by atoms with Crippen LogP contribution in [0.5, 0.6) is 0 Å². The molecule has 0 saturated heterocycles. The first-order valence-electron chi connectivity index (χ1n) is 19.5. The van der Waals surface area contributed by atoms with Crippen LogP contribution >= 0.6 is 0 Å². The molecule has 0 N–H and O–H groups in total. The van der Waals surface area contributed by atoms with E-state index < -0.39 is 0 Å². The molecule has 0 bridgehead atoms. The van der Waals surface area contributed by atoms with Crippen molar-refractivity contribution in [1.82, 2.24) is 19.5 Å². The van der Waals surface area contributed by atoms with E-state index in [-0.39, 0.29) is 5.82 Å². The predicted octanol–water partition coefficient (Wildman–Crippen LogP) is 13.7. The van der Waals surface area contributed by atoms with E-state index in [9.17, 15) is 4.39 Å². The second kappa shape index (κ2) is 14.5. The summed E-state index contributed by atoms with van der Waals surface area (Å²) >= 11 is 0. The number of halogens is 1. The molecule has 0 saturated carbocycles. The summed E-state index contributed by atoms with van der Waals surface area (Å²) in [5.74, 6) is 1.30. The van der Waals surface area contributed by atoms with Gasteiger partial charge in [0.05, 0.1) is 11.0 Å². The lowest BCUT2D eigenvalue weighted by Gasteiger charge is -2.16. The molecule has 10 aromatic rings. The van der Waals surface area contributed by atoms with E-state index in [0.717, 1.165) is 77.6 Å². The fourth-order valence-electron chi connectivity index (χ4n) is 8.00. The Morgan fingerprint density at radius 2 is 0.845 bits per heavy atom. The lowest BCUT2D eigenvalue weighted by atomic mass is 9.97. The first kappa shape index (κ1) is 35.0. The standard InChI is InChI=1S/C53H37FN4/c1-34-12-9-18-38(28-34)40-22-25-46-47-26-23-41(39-19-10-13-35(2)29-39)32-50(47)58(49(46)31-40)44-24-27-45(42-20-11-21-43(54)30-42)48(33-44)53-56-51(36-14-5-3-6-15-36)55-52(57-53)37-16-7-4-8-17-37/h3-33H,1-2H3. The van der Waals surface area contributed by atoms with Gasteiger partial charge in [0.15, 0.2) is 17.5 Å². The lowest BCUT2D eigenvalue weighted by molar-refractivity contribution is 0.628. The van der Waals surface area contributed by atoms with E-state index >= 15 is 0 Å². The van der Waals surface area contributed by atoms with Gasteiger partial charge >= 0.3 is 0 Å². The van der Waals surface area contributed by atoms with Gasteiger partial charge in [-0.1, -0.05) is 163 Å². The summed E-state index contributed by atoms with van der Waals surface area (Å²) in [4.78, 5) is 15.3. The first-order valence-corrected chi connectivity index (χ1v) is 19.5. The molecule has 0 amide bonds. The van der Waals surface area contributed by atoms with Crippen molar-refractivity contribution >= 4 is 21.8 Å². The van der Waals surface area contributed by atoms with Crippen LogP contribution in [-0.4, -0.2) is 19.5 Å². The Kier molecular flexibility index (Phi) is 8.76. The minimum Gasteiger partial charge on any atom is -0.309 e. The van der Waals surface area contributed by atoms with Crippen molar-refractivity contribution in [3.63, 3.8) is 0 Å². The zero-order chi connectivity index (χ0) is 39.2. The molecule has 4 nitrogen and oxygen atoms in total. The largest absolute Gasteiger partial charge is 0.309 e. The molecular formula is C53H37FN4. The van der Waals surface area contributed by atoms with Gasteiger partial charge in [-0.15, -0.1) is 0 Å². The molecule has 2 aromatic heterocycles. The molecule has 0 spiro atoms. The third-order valence-corrected chi connectivity index (χ3v) is 10.8.